The van der Waals surface area contributed by atoms with E-state index in [4.69, 9.17) is 4.74 Å². The highest BCUT2D eigenvalue weighted by molar-refractivity contribution is 5.79. The Kier molecular flexibility index (Phi) is 6.22. The lowest BCUT2D eigenvalue weighted by atomic mass is 9.97. The van der Waals surface area contributed by atoms with E-state index in [2.05, 4.69) is 25.4 Å². The van der Waals surface area contributed by atoms with Crippen molar-refractivity contribution in [3.05, 3.63) is 60.7 Å². The highest BCUT2D eigenvalue weighted by atomic mass is 16.5. The zero-order valence-corrected chi connectivity index (χ0v) is 17.1. The van der Waals surface area contributed by atoms with Crippen molar-refractivity contribution < 1.29 is 9.53 Å². The van der Waals surface area contributed by atoms with Crippen LogP contribution in [0.25, 0.3) is 5.82 Å². The van der Waals surface area contributed by atoms with E-state index in [1.807, 2.05) is 47.2 Å². The van der Waals surface area contributed by atoms with Crippen LogP contribution in [-0.2, 0) is 11.2 Å². The molecule has 1 aliphatic rings. The van der Waals surface area contributed by atoms with Crippen LogP contribution < -0.4 is 15.0 Å². The number of hydrogen-bond donors (Lipinski definition) is 1. The lowest BCUT2D eigenvalue weighted by molar-refractivity contribution is -0.125. The van der Waals surface area contributed by atoms with E-state index in [0.717, 1.165) is 43.2 Å². The zero-order chi connectivity index (χ0) is 20.8. The summed E-state index contributed by atoms with van der Waals surface area (Å²) >= 11 is 0. The van der Waals surface area contributed by atoms with Crippen molar-refractivity contribution in [3.8, 4) is 11.6 Å². The van der Waals surface area contributed by atoms with E-state index >= 15 is 0 Å². The van der Waals surface area contributed by atoms with Crippen LogP contribution in [-0.4, -0.2) is 52.4 Å². The number of methoxy groups -OCH3 is 1. The maximum Gasteiger partial charge on any atom is 0.224 e. The van der Waals surface area contributed by atoms with Gasteiger partial charge in [-0.05, 0) is 49.1 Å². The molecule has 0 aliphatic carbocycles. The molecule has 8 heteroatoms. The predicted molar refractivity (Wildman–Crippen MR) is 114 cm³/mol. The number of hydrogen-bond acceptors (Lipinski definition) is 6. The summed E-state index contributed by atoms with van der Waals surface area (Å²) < 4.78 is 6.99. The Morgan fingerprint density at radius 3 is 2.67 bits per heavy atom. The summed E-state index contributed by atoms with van der Waals surface area (Å²) in [5.74, 6) is 2.43. The van der Waals surface area contributed by atoms with Crippen LogP contribution in [0.1, 0.15) is 18.4 Å². The van der Waals surface area contributed by atoms with Crippen molar-refractivity contribution in [3.63, 3.8) is 0 Å². The van der Waals surface area contributed by atoms with Crippen LogP contribution >= 0.6 is 0 Å². The van der Waals surface area contributed by atoms with Crippen molar-refractivity contribution in [2.24, 2.45) is 5.92 Å². The van der Waals surface area contributed by atoms with Gasteiger partial charge in [-0.2, -0.15) is 0 Å². The average Bonchev–Trinajstić information content (AvgIpc) is 3.35. The summed E-state index contributed by atoms with van der Waals surface area (Å²) in [4.78, 5) is 18.8. The third kappa shape index (κ3) is 4.76. The lowest BCUT2D eigenvalue weighted by Gasteiger charge is -2.32. The van der Waals surface area contributed by atoms with Crippen molar-refractivity contribution in [1.82, 2.24) is 25.1 Å². The van der Waals surface area contributed by atoms with E-state index in [1.54, 1.807) is 19.6 Å². The highest BCUT2D eigenvalue weighted by Gasteiger charge is 2.26. The van der Waals surface area contributed by atoms with Gasteiger partial charge in [-0.3, -0.25) is 9.36 Å². The van der Waals surface area contributed by atoms with Gasteiger partial charge < -0.3 is 15.0 Å². The monoisotopic (exact) mass is 406 g/mol. The molecule has 1 atom stereocenters. The van der Waals surface area contributed by atoms with Gasteiger partial charge in [0, 0.05) is 32.0 Å². The minimum absolute atomic E-state index is 0.0373. The molecule has 2 aromatic heterocycles. The summed E-state index contributed by atoms with van der Waals surface area (Å²) in [5.41, 5.74) is 1.18. The summed E-state index contributed by atoms with van der Waals surface area (Å²) in [5, 5.41) is 11.7. The molecule has 1 amide bonds. The zero-order valence-electron chi connectivity index (χ0n) is 17.1. The number of carbonyl (C=O) groups is 1. The van der Waals surface area contributed by atoms with Gasteiger partial charge in [0.2, 0.25) is 5.91 Å². The molecule has 1 saturated heterocycles. The molecule has 1 N–H and O–H groups in total. The van der Waals surface area contributed by atoms with Crippen LogP contribution in [0, 0.1) is 5.92 Å². The summed E-state index contributed by atoms with van der Waals surface area (Å²) in [6.07, 6.45) is 7.88. The molecular formula is C22H26N6O2. The second-order valence-corrected chi connectivity index (χ2v) is 7.39. The van der Waals surface area contributed by atoms with Crippen molar-refractivity contribution >= 4 is 11.7 Å². The third-order valence-corrected chi connectivity index (χ3v) is 5.39. The fraction of sp³-hybridized carbons (Fsp3) is 0.364. The van der Waals surface area contributed by atoms with Gasteiger partial charge in [-0.15, -0.1) is 10.2 Å². The van der Waals surface area contributed by atoms with Gasteiger partial charge in [-0.1, -0.05) is 12.1 Å². The van der Waals surface area contributed by atoms with E-state index in [1.165, 1.54) is 5.56 Å². The molecule has 1 aromatic carbocycles. The summed E-state index contributed by atoms with van der Waals surface area (Å²) in [6.45, 7) is 2.17. The quantitative estimate of drug-likeness (QED) is 0.648. The van der Waals surface area contributed by atoms with Gasteiger partial charge in [-0.25, -0.2) is 4.98 Å². The van der Waals surface area contributed by atoms with Crippen LogP contribution in [0.5, 0.6) is 5.75 Å². The molecule has 3 heterocycles. The molecule has 0 radical (unpaired) electrons. The summed E-state index contributed by atoms with van der Waals surface area (Å²) in [6, 6.07) is 11.8. The second kappa shape index (κ2) is 9.39. The first-order chi connectivity index (χ1) is 14.7. The Labute approximate surface area is 175 Å². The van der Waals surface area contributed by atoms with Crippen LogP contribution in [0.3, 0.4) is 0 Å². The van der Waals surface area contributed by atoms with Crippen molar-refractivity contribution in [2.45, 2.75) is 19.3 Å². The fourth-order valence-electron chi connectivity index (χ4n) is 3.69. The third-order valence-electron chi connectivity index (χ3n) is 5.39. The highest BCUT2D eigenvalue weighted by Crippen LogP contribution is 2.22. The number of aromatic nitrogens is 4. The number of piperidine rings is 1. The van der Waals surface area contributed by atoms with Gasteiger partial charge in [0.25, 0.3) is 0 Å². The van der Waals surface area contributed by atoms with Crippen LogP contribution in [0.2, 0.25) is 0 Å². The molecule has 1 unspecified atom stereocenters. The number of amides is 1. The number of rotatable bonds is 7. The average molecular weight is 406 g/mol. The molecule has 1 aliphatic heterocycles. The van der Waals surface area contributed by atoms with Crippen molar-refractivity contribution in [2.75, 3.05) is 31.6 Å². The fourth-order valence-corrected chi connectivity index (χ4v) is 3.69. The number of imidazole rings is 1. The summed E-state index contributed by atoms with van der Waals surface area (Å²) in [7, 11) is 1.66. The first-order valence-electron chi connectivity index (χ1n) is 10.2. The Hall–Kier alpha value is -3.42. The topological polar surface area (TPSA) is 85.2 Å². The lowest BCUT2D eigenvalue weighted by Crippen LogP contribution is -2.43. The number of benzene rings is 1. The molecule has 1 fully saturated rings. The van der Waals surface area contributed by atoms with Gasteiger partial charge in [0.15, 0.2) is 11.6 Å². The van der Waals surface area contributed by atoms with Crippen molar-refractivity contribution in [1.29, 1.82) is 0 Å². The standard InChI is InChI=1S/C22H26N6O2/c1-30-19-6-4-17(5-7-19)10-11-24-22(29)18-3-2-13-27(15-18)20-8-9-21(26-25-20)28-14-12-23-16-28/h4-9,12,14,16,18H,2-3,10-11,13,15H2,1H3,(H,24,29). The molecule has 4 rings (SSSR count). The SMILES string of the molecule is COc1ccc(CCNC(=O)C2CCCN(c3ccc(-n4ccnc4)nn3)C2)cc1. The molecule has 0 spiro atoms. The molecule has 3 aromatic rings. The largest absolute Gasteiger partial charge is 0.497 e. The van der Waals surface area contributed by atoms with Gasteiger partial charge in [0.1, 0.15) is 12.1 Å². The maximum absolute atomic E-state index is 12.7. The smallest absolute Gasteiger partial charge is 0.224 e. The molecule has 30 heavy (non-hydrogen) atoms. The van der Waals surface area contributed by atoms with Crippen LogP contribution in [0.15, 0.2) is 55.1 Å². The van der Waals surface area contributed by atoms with E-state index in [9.17, 15) is 4.79 Å². The minimum atomic E-state index is -0.0373. The Bertz CT molecular complexity index is 941. The Morgan fingerprint density at radius 1 is 1.17 bits per heavy atom. The van der Waals surface area contributed by atoms with Crippen LogP contribution in [0.4, 0.5) is 5.82 Å². The number of ether oxygens (including phenoxy) is 1. The second-order valence-electron chi connectivity index (χ2n) is 7.39. The van der Waals surface area contributed by atoms with E-state index in [-0.39, 0.29) is 11.8 Å². The first kappa shape index (κ1) is 19.9. The number of carbonyl (C=O) groups excluding carboxylic acids is 1. The number of nitrogens with zero attached hydrogens (tertiary/aromatic N) is 5. The van der Waals surface area contributed by atoms with Gasteiger partial charge in [0.05, 0.1) is 13.0 Å². The molecule has 0 bridgehead atoms. The first-order valence-corrected chi connectivity index (χ1v) is 10.2. The normalized spacial score (nSPS) is 16.3. The Morgan fingerprint density at radius 2 is 1.97 bits per heavy atom. The maximum atomic E-state index is 12.7. The molecule has 156 valence electrons. The molecule has 0 saturated carbocycles. The van der Waals surface area contributed by atoms with E-state index in [0.29, 0.717) is 13.1 Å². The molecular weight excluding hydrogens is 380 g/mol. The minimum Gasteiger partial charge on any atom is -0.497 e. The Balaban J connectivity index is 1.29. The molecule has 8 nitrogen and oxygen atoms in total. The predicted octanol–water partition coefficient (Wildman–Crippen LogP) is 2.25. The van der Waals surface area contributed by atoms with Gasteiger partial charge >= 0.3 is 0 Å². The number of nitrogens with one attached hydrogen (secondary N) is 1. The number of anilines is 1. The van der Waals surface area contributed by atoms with E-state index < -0.39 is 0 Å².